The Bertz CT molecular complexity index is 356. The molecule has 0 atom stereocenters. The first-order valence-corrected chi connectivity index (χ1v) is 5.56. The van der Waals surface area contributed by atoms with Gasteiger partial charge in [0.2, 0.25) is 0 Å². The molecule has 2 nitrogen and oxygen atoms in total. The molecule has 0 N–H and O–H groups in total. The van der Waals surface area contributed by atoms with Crippen molar-refractivity contribution in [2.75, 3.05) is 6.26 Å². The van der Waals surface area contributed by atoms with Crippen LogP contribution in [0.4, 0.5) is 0 Å². The summed E-state index contributed by atoms with van der Waals surface area (Å²) in [5.41, 5.74) is 0. The summed E-state index contributed by atoms with van der Waals surface area (Å²) in [6, 6.07) is 7.58. The highest BCUT2D eigenvalue weighted by atomic mass is 79.9. The van der Waals surface area contributed by atoms with Gasteiger partial charge in [-0.1, -0.05) is 22.0 Å². The van der Waals surface area contributed by atoms with Gasteiger partial charge in [0.25, 0.3) is 0 Å². The molecule has 0 amide bonds. The molecule has 0 unspecified atom stereocenters. The summed E-state index contributed by atoms with van der Waals surface area (Å²) in [4.78, 5) is 0.215. The first kappa shape index (κ1) is 8.74. The molecule has 1 aromatic rings. The molecular weight excluding hydrogens is 228 g/mol. The van der Waals surface area contributed by atoms with Gasteiger partial charge in [0, 0.05) is 16.8 Å². The van der Waals surface area contributed by atoms with Crippen molar-refractivity contribution in [3.05, 3.63) is 28.7 Å². The summed E-state index contributed by atoms with van der Waals surface area (Å²) in [5, 5.41) is 0. The average Bonchev–Trinajstić information content (AvgIpc) is 1.86. The lowest BCUT2D eigenvalue weighted by Gasteiger charge is -1.95. The second-order valence-electron chi connectivity index (χ2n) is 2.14. The Balaban J connectivity index is 3.28. The Kier molecular flexibility index (Phi) is 2.34. The van der Waals surface area contributed by atoms with Crippen molar-refractivity contribution < 1.29 is 8.42 Å². The normalized spacial score (nSPS) is 11.5. The van der Waals surface area contributed by atoms with E-state index in [1.807, 2.05) is 0 Å². The fourth-order valence-electron chi connectivity index (χ4n) is 0.637. The number of sulfone groups is 1. The zero-order valence-electron chi connectivity index (χ0n) is 5.83. The lowest BCUT2D eigenvalue weighted by Crippen LogP contribution is -1.96. The summed E-state index contributed by atoms with van der Waals surface area (Å²) < 4.78 is 22.5. The van der Waals surface area contributed by atoms with Crippen molar-refractivity contribution in [3.8, 4) is 0 Å². The summed E-state index contributed by atoms with van der Waals surface area (Å²) in [6.45, 7) is 0. The molecule has 0 fully saturated rings. The topological polar surface area (TPSA) is 34.1 Å². The fraction of sp³-hybridized carbons (Fsp3) is 0.143. The van der Waals surface area contributed by atoms with Gasteiger partial charge in [-0.05, 0) is 12.1 Å². The zero-order chi connectivity index (χ0) is 8.48. The second kappa shape index (κ2) is 2.95. The van der Waals surface area contributed by atoms with Gasteiger partial charge in [0.05, 0.1) is 4.90 Å². The average molecular weight is 234 g/mol. The monoisotopic (exact) mass is 233 g/mol. The number of benzene rings is 1. The quantitative estimate of drug-likeness (QED) is 0.740. The highest BCUT2D eigenvalue weighted by Crippen LogP contribution is 2.14. The van der Waals surface area contributed by atoms with E-state index < -0.39 is 9.84 Å². The Morgan fingerprint density at radius 3 is 2.45 bits per heavy atom. The summed E-state index contributed by atoms with van der Waals surface area (Å²) in [6.07, 6.45) is 1.16. The minimum atomic E-state index is -3.11. The van der Waals surface area contributed by atoms with Crippen LogP contribution in [0.15, 0.2) is 27.6 Å². The van der Waals surface area contributed by atoms with E-state index in [4.69, 9.17) is 0 Å². The number of hydrogen-bond acceptors (Lipinski definition) is 2. The van der Waals surface area contributed by atoms with Crippen molar-refractivity contribution in [2.45, 2.75) is 4.90 Å². The highest BCUT2D eigenvalue weighted by Gasteiger charge is 2.05. The molecule has 0 aromatic heterocycles. The van der Waals surface area contributed by atoms with Crippen LogP contribution >= 0.6 is 15.9 Å². The van der Waals surface area contributed by atoms with Crippen LogP contribution in [0, 0.1) is 6.07 Å². The van der Waals surface area contributed by atoms with Crippen LogP contribution in [0.2, 0.25) is 0 Å². The molecule has 0 saturated heterocycles. The molecule has 1 aromatic carbocycles. The van der Waals surface area contributed by atoms with Crippen LogP contribution in [0.25, 0.3) is 0 Å². The standard InChI is InChI=1S/C7H6BrO2S/c1-11(9,10)7-4-2-3-6(8)5-7/h2-4H,1H3. The maximum atomic E-state index is 10.9. The highest BCUT2D eigenvalue weighted by molar-refractivity contribution is 9.10. The van der Waals surface area contributed by atoms with Gasteiger partial charge in [0.1, 0.15) is 0 Å². The molecule has 1 radical (unpaired) electrons. The van der Waals surface area contributed by atoms with E-state index >= 15 is 0 Å². The first-order valence-electron chi connectivity index (χ1n) is 2.88. The van der Waals surface area contributed by atoms with Gasteiger partial charge in [-0.3, -0.25) is 0 Å². The number of hydrogen-bond donors (Lipinski definition) is 0. The van der Waals surface area contributed by atoms with Crippen LogP contribution in [-0.4, -0.2) is 14.7 Å². The van der Waals surface area contributed by atoms with Gasteiger partial charge in [-0.25, -0.2) is 8.42 Å². The van der Waals surface area contributed by atoms with Crippen LogP contribution in [-0.2, 0) is 9.84 Å². The molecule has 0 heterocycles. The first-order chi connectivity index (χ1) is 5.00. The Hall–Kier alpha value is -0.350. The summed E-state index contributed by atoms with van der Waals surface area (Å²) in [5.74, 6) is 0. The van der Waals surface area contributed by atoms with Crippen LogP contribution in [0.1, 0.15) is 0 Å². The van der Waals surface area contributed by atoms with Crippen molar-refractivity contribution in [1.82, 2.24) is 0 Å². The van der Waals surface area contributed by atoms with Gasteiger partial charge < -0.3 is 0 Å². The molecule has 59 valence electrons. The van der Waals surface area contributed by atoms with E-state index in [0.717, 1.165) is 6.26 Å². The lowest BCUT2D eigenvalue weighted by atomic mass is 10.4. The van der Waals surface area contributed by atoms with E-state index in [1.54, 1.807) is 12.1 Å². The van der Waals surface area contributed by atoms with Crippen molar-refractivity contribution in [1.29, 1.82) is 0 Å². The molecule has 0 saturated carbocycles. The van der Waals surface area contributed by atoms with Crippen LogP contribution < -0.4 is 0 Å². The maximum Gasteiger partial charge on any atom is 0.176 e. The van der Waals surface area contributed by atoms with E-state index in [9.17, 15) is 8.42 Å². The maximum absolute atomic E-state index is 10.9. The largest absolute Gasteiger partial charge is 0.224 e. The van der Waals surface area contributed by atoms with Crippen LogP contribution in [0.3, 0.4) is 0 Å². The smallest absolute Gasteiger partial charge is 0.176 e. The van der Waals surface area contributed by atoms with Crippen molar-refractivity contribution in [3.63, 3.8) is 0 Å². The minimum Gasteiger partial charge on any atom is -0.224 e. The van der Waals surface area contributed by atoms with Gasteiger partial charge >= 0.3 is 0 Å². The molecule has 0 bridgehead atoms. The Morgan fingerprint density at radius 2 is 2.09 bits per heavy atom. The van der Waals surface area contributed by atoms with E-state index in [0.29, 0.717) is 4.47 Å². The molecule has 1 rings (SSSR count). The zero-order valence-corrected chi connectivity index (χ0v) is 8.24. The molecule has 4 heteroatoms. The van der Waals surface area contributed by atoms with Crippen molar-refractivity contribution in [2.24, 2.45) is 0 Å². The minimum absolute atomic E-state index is 0.215. The summed E-state index contributed by atoms with van der Waals surface area (Å²) in [7, 11) is -3.11. The summed E-state index contributed by atoms with van der Waals surface area (Å²) >= 11 is 3.13. The molecule has 0 aliphatic rings. The van der Waals surface area contributed by atoms with Gasteiger partial charge in [-0.2, -0.15) is 0 Å². The second-order valence-corrected chi connectivity index (χ2v) is 4.97. The molecule has 11 heavy (non-hydrogen) atoms. The third kappa shape index (κ3) is 2.31. The Morgan fingerprint density at radius 1 is 1.45 bits per heavy atom. The lowest BCUT2D eigenvalue weighted by molar-refractivity contribution is 0.601. The van der Waals surface area contributed by atoms with E-state index in [-0.39, 0.29) is 4.90 Å². The van der Waals surface area contributed by atoms with Crippen LogP contribution in [0.5, 0.6) is 0 Å². The van der Waals surface area contributed by atoms with Gasteiger partial charge in [-0.15, -0.1) is 0 Å². The predicted octanol–water partition coefficient (Wildman–Crippen LogP) is 1.65. The SMILES string of the molecule is CS(=O)(=O)c1[c]c(Br)ccc1. The third-order valence-electron chi connectivity index (χ3n) is 1.13. The third-order valence-corrected chi connectivity index (χ3v) is 2.63. The molecule has 0 aliphatic carbocycles. The van der Waals surface area contributed by atoms with E-state index in [1.165, 1.54) is 6.07 Å². The predicted molar refractivity (Wildman–Crippen MR) is 46.1 cm³/mol. The number of rotatable bonds is 1. The van der Waals surface area contributed by atoms with Crippen molar-refractivity contribution >= 4 is 25.8 Å². The van der Waals surface area contributed by atoms with E-state index in [2.05, 4.69) is 22.0 Å². The number of halogens is 1. The van der Waals surface area contributed by atoms with Gasteiger partial charge in [0.15, 0.2) is 9.84 Å². The molecule has 0 spiro atoms. The fourth-order valence-corrected chi connectivity index (χ4v) is 1.76. The Labute approximate surface area is 74.3 Å². The molecule has 0 aliphatic heterocycles. The molecular formula is C7H6BrO2S.